The number of pyridine rings is 1. The summed E-state index contributed by atoms with van der Waals surface area (Å²) in [7, 11) is 1.49. The molecule has 1 aromatic carbocycles. The summed E-state index contributed by atoms with van der Waals surface area (Å²) in [6, 6.07) is 8.08. The molecule has 1 heterocycles. The summed E-state index contributed by atoms with van der Waals surface area (Å²) in [5.74, 6) is 0.526. The maximum Gasteiger partial charge on any atom is 0.304 e. The molecular weight excluding hydrogens is 250 g/mol. The van der Waals surface area contributed by atoms with Crippen LogP contribution in [0.2, 0.25) is 0 Å². The van der Waals surface area contributed by atoms with E-state index in [1.54, 1.807) is 24.3 Å². The first-order valence-electron chi connectivity index (χ1n) is 5.39. The van der Waals surface area contributed by atoms with E-state index < -0.39 is 4.92 Å². The summed E-state index contributed by atoms with van der Waals surface area (Å²) in [5, 5.41) is 25.0. The van der Waals surface area contributed by atoms with E-state index in [2.05, 4.69) is 5.32 Å². The van der Waals surface area contributed by atoms with Crippen molar-refractivity contribution in [3.8, 4) is 5.75 Å². The van der Waals surface area contributed by atoms with Crippen molar-refractivity contribution < 1.29 is 14.4 Å². The van der Waals surface area contributed by atoms with Gasteiger partial charge in [-0.15, -0.1) is 0 Å². The van der Waals surface area contributed by atoms with Gasteiger partial charge >= 0.3 is 5.69 Å². The molecule has 0 bridgehead atoms. The minimum atomic E-state index is -0.558. The molecule has 0 aliphatic heterocycles. The second kappa shape index (κ2) is 5.21. The predicted octanol–water partition coefficient (Wildman–Crippen LogP) is 1.98. The number of aromatic nitrogens is 1. The minimum Gasteiger partial charge on any atom is -0.619 e. The zero-order valence-electron chi connectivity index (χ0n) is 10.1. The Morgan fingerprint density at radius 2 is 2.00 bits per heavy atom. The van der Waals surface area contributed by atoms with Crippen LogP contribution >= 0.6 is 0 Å². The van der Waals surface area contributed by atoms with Gasteiger partial charge in [-0.3, -0.25) is 10.1 Å². The van der Waals surface area contributed by atoms with Gasteiger partial charge < -0.3 is 15.3 Å². The average Bonchev–Trinajstić information content (AvgIpc) is 2.39. The van der Waals surface area contributed by atoms with Crippen LogP contribution in [0.1, 0.15) is 0 Å². The van der Waals surface area contributed by atoms with Crippen molar-refractivity contribution in [1.82, 2.24) is 0 Å². The molecule has 2 rings (SSSR count). The highest BCUT2D eigenvalue weighted by atomic mass is 16.6. The van der Waals surface area contributed by atoms with Gasteiger partial charge in [-0.25, -0.2) is 0 Å². The van der Waals surface area contributed by atoms with Gasteiger partial charge in [0, 0.05) is 0 Å². The average molecular weight is 261 g/mol. The molecule has 0 spiro atoms. The highest BCUT2D eigenvalue weighted by Gasteiger charge is 2.18. The summed E-state index contributed by atoms with van der Waals surface area (Å²) in [4.78, 5) is 10.3. The number of methoxy groups -OCH3 is 1. The van der Waals surface area contributed by atoms with E-state index in [-0.39, 0.29) is 11.4 Å². The number of hydrogen-bond donors (Lipinski definition) is 1. The first kappa shape index (κ1) is 12.6. The van der Waals surface area contributed by atoms with Crippen molar-refractivity contribution in [2.45, 2.75) is 0 Å². The molecule has 0 aliphatic carbocycles. The Kier molecular flexibility index (Phi) is 3.46. The van der Waals surface area contributed by atoms with E-state index >= 15 is 0 Å². The largest absolute Gasteiger partial charge is 0.619 e. The van der Waals surface area contributed by atoms with Crippen LogP contribution in [0.3, 0.4) is 0 Å². The molecule has 98 valence electrons. The van der Waals surface area contributed by atoms with Crippen molar-refractivity contribution in [3.05, 3.63) is 58.0 Å². The van der Waals surface area contributed by atoms with Crippen molar-refractivity contribution in [3.63, 3.8) is 0 Å². The molecule has 0 amide bonds. The van der Waals surface area contributed by atoms with Crippen molar-refractivity contribution in [2.75, 3.05) is 12.4 Å². The molecule has 0 saturated heterocycles. The van der Waals surface area contributed by atoms with E-state index in [1.165, 1.54) is 7.11 Å². The molecule has 19 heavy (non-hydrogen) atoms. The highest BCUT2D eigenvalue weighted by molar-refractivity contribution is 5.71. The van der Waals surface area contributed by atoms with E-state index in [1.807, 2.05) is 0 Å². The molecule has 0 aliphatic rings. The maximum absolute atomic E-state index is 11.2. The Hall–Kier alpha value is -2.83. The lowest BCUT2D eigenvalue weighted by Gasteiger charge is -2.10. The Bertz CT molecular complexity index is 616. The number of ether oxygens (including phenoxy) is 1. The third-order valence-corrected chi connectivity index (χ3v) is 2.48. The van der Waals surface area contributed by atoms with Gasteiger partial charge in [0.1, 0.15) is 5.75 Å². The van der Waals surface area contributed by atoms with Crippen LogP contribution in [-0.4, -0.2) is 12.0 Å². The van der Waals surface area contributed by atoms with Gasteiger partial charge in [0.05, 0.1) is 23.8 Å². The normalized spacial score (nSPS) is 9.95. The first-order valence-corrected chi connectivity index (χ1v) is 5.39. The molecule has 1 aromatic heterocycles. The topological polar surface area (TPSA) is 91.3 Å². The molecule has 0 unspecified atom stereocenters. The fourth-order valence-corrected chi connectivity index (χ4v) is 1.62. The van der Waals surface area contributed by atoms with Crippen LogP contribution in [0.5, 0.6) is 5.75 Å². The third-order valence-electron chi connectivity index (χ3n) is 2.48. The summed E-state index contributed by atoms with van der Waals surface area (Å²) in [6.07, 6.45) is 2.18. The number of nitrogens with one attached hydrogen (secondary N) is 1. The third kappa shape index (κ3) is 2.71. The van der Waals surface area contributed by atoms with Gasteiger partial charge in [-0.1, -0.05) is 12.1 Å². The van der Waals surface area contributed by atoms with E-state index in [0.29, 0.717) is 16.2 Å². The van der Waals surface area contributed by atoms with Gasteiger partial charge in [-0.05, 0) is 12.1 Å². The zero-order chi connectivity index (χ0) is 13.8. The van der Waals surface area contributed by atoms with E-state index in [9.17, 15) is 15.3 Å². The molecule has 7 heteroatoms. The van der Waals surface area contributed by atoms with E-state index in [4.69, 9.17) is 4.74 Å². The zero-order valence-corrected chi connectivity index (χ0v) is 10.1. The molecule has 0 radical (unpaired) electrons. The molecule has 0 atom stereocenters. The van der Waals surface area contributed by atoms with Crippen molar-refractivity contribution >= 4 is 17.1 Å². The summed E-state index contributed by atoms with van der Waals surface area (Å²) in [6.45, 7) is 0. The number of nitro groups is 1. The minimum absolute atomic E-state index is 0.104. The van der Waals surface area contributed by atoms with Gasteiger partial charge in [0.25, 0.3) is 0 Å². The Labute approximate surface area is 108 Å². The number of benzene rings is 1. The Morgan fingerprint density at radius 3 is 2.68 bits per heavy atom. The van der Waals surface area contributed by atoms with Crippen LogP contribution in [0.4, 0.5) is 17.1 Å². The van der Waals surface area contributed by atoms with Crippen LogP contribution in [0, 0.1) is 15.3 Å². The molecule has 2 aromatic rings. The molecular formula is C12H11N3O4. The standard InChI is InChI=1S/C12H11N3O4/c1-19-12-5-3-2-4-9(12)13-10-8-14(16)7-6-11(10)15(17)18/h2-8,13H,1H3. The lowest BCUT2D eigenvalue weighted by Crippen LogP contribution is -2.25. The van der Waals surface area contributed by atoms with Crippen LogP contribution < -0.4 is 14.8 Å². The fourth-order valence-electron chi connectivity index (χ4n) is 1.62. The lowest BCUT2D eigenvalue weighted by atomic mass is 10.2. The molecule has 0 fully saturated rings. The van der Waals surface area contributed by atoms with E-state index in [0.717, 1.165) is 18.5 Å². The molecule has 7 nitrogen and oxygen atoms in total. The second-order valence-electron chi connectivity index (χ2n) is 3.69. The number of rotatable bonds is 4. The van der Waals surface area contributed by atoms with Crippen LogP contribution in [0.25, 0.3) is 0 Å². The second-order valence-corrected chi connectivity index (χ2v) is 3.69. The quantitative estimate of drug-likeness (QED) is 0.393. The fraction of sp³-hybridized carbons (Fsp3) is 0.0833. The number of para-hydroxylation sites is 2. The maximum atomic E-state index is 11.2. The van der Waals surface area contributed by atoms with Crippen molar-refractivity contribution in [2.24, 2.45) is 0 Å². The van der Waals surface area contributed by atoms with Gasteiger partial charge in [-0.2, -0.15) is 4.73 Å². The van der Waals surface area contributed by atoms with Gasteiger partial charge in [0.15, 0.2) is 11.9 Å². The predicted molar refractivity (Wildman–Crippen MR) is 68.3 cm³/mol. The lowest BCUT2D eigenvalue weighted by molar-refractivity contribution is -0.605. The number of anilines is 2. The molecule has 0 saturated carbocycles. The molecule has 1 N–H and O–H groups in total. The highest BCUT2D eigenvalue weighted by Crippen LogP contribution is 2.30. The monoisotopic (exact) mass is 261 g/mol. The van der Waals surface area contributed by atoms with Crippen molar-refractivity contribution in [1.29, 1.82) is 0 Å². The summed E-state index contributed by atoms with van der Waals surface area (Å²) < 4.78 is 5.62. The SMILES string of the molecule is COc1ccccc1Nc1c[n+]([O-])ccc1[N+](=O)[O-]. The van der Waals surface area contributed by atoms with Crippen LogP contribution in [0.15, 0.2) is 42.7 Å². The smallest absolute Gasteiger partial charge is 0.304 e. The number of nitrogens with zero attached hydrogens (tertiary/aromatic N) is 2. The Balaban J connectivity index is 2.42. The van der Waals surface area contributed by atoms with Gasteiger partial charge in [0.2, 0.25) is 6.20 Å². The number of hydrogen-bond acceptors (Lipinski definition) is 5. The Morgan fingerprint density at radius 1 is 1.26 bits per heavy atom. The van der Waals surface area contributed by atoms with Crippen LogP contribution in [-0.2, 0) is 0 Å². The first-order chi connectivity index (χ1) is 9.11. The summed E-state index contributed by atoms with van der Waals surface area (Å²) in [5.41, 5.74) is 0.462. The summed E-state index contributed by atoms with van der Waals surface area (Å²) >= 11 is 0.